The van der Waals surface area contributed by atoms with Gasteiger partial charge in [-0.05, 0) is 76.9 Å². The molecule has 222 valence electrons. The molecule has 2 N–H and O–H groups in total. The molecule has 0 saturated heterocycles. The molecule has 0 spiro atoms. The first-order valence-electron chi connectivity index (χ1n) is 14.0. The Bertz CT molecular complexity index is 1840. The van der Waals surface area contributed by atoms with E-state index < -0.39 is 23.5 Å². The van der Waals surface area contributed by atoms with Crippen LogP contribution >= 0.6 is 0 Å². The van der Waals surface area contributed by atoms with Crippen molar-refractivity contribution in [1.82, 2.24) is 14.6 Å². The average Bonchev–Trinajstić information content (AvgIpc) is 3.36. The van der Waals surface area contributed by atoms with E-state index in [1.165, 1.54) is 12.1 Å². The Labute approximate surface area is 249 Å². The zero-order valence-electron chi connectivity index (χ0n) is 25.0. The summed E-state index contributed by atoms with van der Waals surface area (Å²) >= 11 is 0. The van der Waals surface area contributed by atoms with Crippen LogP contribution in [-0.2, 0) is 14.3 Å². The van der Waals surface area contributed by atoms with Crippen LogP contribution in [0.4, 0.5) is 4.39 Å². The molecular weight excluding hydrogens is 549 g/mol. The van der Waals surface area contributed by atoms with Crippen LogP contribution in [0.25, 0.3) is 39.3 Å². The van der Waals surface area contributed by atoms with Crippen molar-refractivity contribution >= 4 is 11.6 Å². The van der Waals surface area contributed by atoms with Gasteiger partial charge in [0.05, 0.1) is 23.6 Å². The van der Waals surface area contributed by atoms with Gasteiger partial charge >= 0.3 is 5.97 Å². The van der Waals surface area contributed by atoms with Gasteiger partial charge in [0.15, 0.2) is 11.8 Å². The predicted molar refractivity (Wildman–Crippen MR) is 162 cm³/mol. The standard InChI is InChI=1S/C34H34FN3O5/c1-7-42-33(41)32(43-34(4,5)6)30-20(3)36-29-18-26(37-38(29)31(30)23-12-11-19(2)27(39)16-23)22-10-8-9-21(15-22)25-14-13-24(35)17-28(25)40/h8-18,32,39-40H,7H2,1-6H3. The second-order valence-electron chi connectivity index (χ2n) is 11.4. The first-order chi connectivity index (χ1) is 20.4. The average molecular weight is 584 g/mol. The number of benzene rings is 3. The number of aromatic nitrogens is 3. The van der Waals surface area contributed by atoms with Crippen LogP contribution in [0.3, 0.4) is 0 Å². The van der Waals surface area contributed by atoms with E-state index in [9.17, 15) is 19.4 Å². The van der Waals surface area contributed by atoms with E-state index in [2.05, 4.69) is 0 Å². The summed E-state index contributed by atoms with van der Waals surface area (Å²) in [6.45, 7) is 11.1. The molecule has 0 aliphatic rings. The number of phenolic OH excluding ortho intramolecular Hbond substituents is 2. The highest BCUT2D eigenvalue weighted by Gasteiger charge is 2.34. The quantitative estimate of drug-likeness (QED) is 0.193. The fraction of sp³-hybridized carbons (Fsp3) is 0.265. The lowest BCUT2D eigenvalue weighted by Crippen LogP contribution is -2.30. The number of rotatable bonds is 7. The normalized spacial score (nSPS) is 12.4. The van der Waals surface area contributed by atoms with Gasteiger partial charge in [-0.3, -0.25) is 0 Å². The van der Waals surface area contributed by atoms with Gasteiger partial charge in [0.1, 0.15) is 17.3 Å². The van der Waals surface area contributed by atoms with Crippen LogP contribution in [0.5, 0.6) is 11.5 Å². The molecule has 1 atom stereocenters. The van der Waals surface area contributed by atoms with Gasteiger partial charge in [-0.15, -0.1) is 0 Å². The van der Waals surface area contributed by atoms with Crippen LogP contribution in [0.15, 0.2) is 66.7 Å². The number of hydrogen-bond donors (Lipinski definition) is 2. The molecule has 0 radical (unpaired) electrons. The Hall–Kier alpha value is -4.76. The van der Waals surface area contributed by atoms with E-state index in [1.54, 1.807) is 37.4 Å². The monoisotopic (exact) mass is 583 g/mol. The van der Waals surface area contributed by atoms with Gasteiger partial charge in [-0.1, -0.05) is 30.3 Å². The number of fused-ring (bicyclic) bond motifs is 1. The van der Waals surface area contributed by atoms with E-state index in [-0.39, 0.29) is 18.1 Å². The van der Waals surface area contributed by atoms with Crippen LogP contribution in [0.1, 0.15) is 50.6 Å². The van der Waals surface area contributed by atoms with Crippen molar-refractivity contribution in [2.24, 2.45) is 0 Å². The molecule has 0 aliphatic heterocycles. The number of esters is 1. The maximum atomic E-state index is 13.6. The van der Waals surface area contributed by atoms with Gasteiger partial charge in [0.2, 0.25) is 0 Å². The third kappa shape index (κ3) is 6.08. The molecule has 0 bridgehead atoms. The summed E-state index contributed by atoms with van der Waals surface area (Å²) in [6.07, 6.45) is -1.12. The number of aromatic hydroxyl groups is 2. The summed E-state index contributed by atoms with van der Waals surface area (Å²) < 4.78 is 27.0. The minimum atomic E-state index is -1.12. The lowest BCUT2D eigenvalue weighted by atomic mass is 9.98. The number of hydrogen-bond acceptors (Lipinski definition) is 7. The minimum Gasteiger partial charge on any atom is -0.508 e. The first-order valence-corrected chi connectivity index (χ1v) is 14.0. The van der Waals surface area contributed by atoms with Gasteiger partial charge in [0.25, 0.3) is 0 Å². The second kappa shape index (κ2) is 11.5. The summed E-state index contributed by atoms with van der Waals surface area (Å²) in [5.74, 6) is -1.16. The zero-order chi connectivity index (χ0) is 31.1. The molecular formula is C34H34FN3O5. The van der Waals surface area contributed by atoms with Crippen molar-refractivity contribution in [1.29, 1.82) is 0 Å². The van der Waals surface area contributed by atoms with Crippen molar-refractivity contribution in [3.8, 4) is 45.1 Å². The molecule has 5 aromatic rings. The van der Waals surface area contributed by atoms with Crippen LogP contribution in [0.2, 0.25) is 0 Å². The lowest BCUT2D eigenvalue weighted by Gasteiger charge is -2.28. The molecule has 0 aliphatic carbocycles. The number of nitrogens with zero attached hydrogens (tertiary/aromatic N) is 3. The van der Waals surface area contributed by atoms with Gasteiger partial charge < -0.3 is 19.7 Å². The van der Waals surface area contributed by atoms with Crippen LogP contribution in [-0.4, -0.2) is 43.0 Å². The summed E-state index contributed by atoms with van der Waals surface area (Å²) in [5.41, 5.74) is 5.14. The smallest absolute Gasteiger partial charge is 0.340 e. The molecule has 5 rings (SSSR count). The van der Waals surface area contributed by atoms with E-state index in [1.807, 2.05) is 57.2 Å². The Morgan fingerprint density at radius 3 is 2.37 bits per heavy atom. The predicted octanol–water partition coefficient (Wildman–Crippen LogP) is 7.32. The molecule has 0 fully saturated rings. The number of phenols is 2. The van der Waals surface area contributed by atoms with Crippen LogP contribution < -0.4 is 0 Å². The number of carbonyl (C=O) groups is 1. The summed E-state index contributed by atoms with van der Waals surface area (Å²) in [5, 5.41) is 25.9. The molecule has 0 saturated carbocycles. The first kappa shape index (κ1) is 29.7. The number of aryl methyl sites for hydroxylation is 2. The zero-order valence-corrected chi connectivity index (χ0v) is 25.0. The van der Waals surface area contributed by atoms with E-state index in [4.69, 9.17) is 19.6 Å². The van der Waals surface area contributed by atoms with Gasteiger partial charge in [-0.25, -0.2) is 18.7 Å². The third-order valence-corrected chi connectivity index (χ3v) is 6.98. The van der Waals surface area contributed by atoms with Crippen molar-refractivity contribution in [3.63, 3.8) is 0 Å². The van der Waals surface area contributed by atoms with E-state index in [0.29, 0.717) is 50.5 Å². The SMILES string of the molecule is CCOC(=O)C(OC(C)(C)C)c1c(C)nc2cc(-c3cccc(-c4ccc(F)cc4O)c3)nn2c1-c1ccc(C)c(O)c1. The maximum absolute atomic E-state index is 13.6. The van der Waals surface area contributed by atoms with Crippen molar-refractivity contribution in [2.45, 2.75) is 53.2 Å². The Balaban J connectivity index is 1.76. The van der Waals surface area contributed by atoms with Crippen LogP contribution in [0, 0.1) is 19.7 Å². The summed E-state index contributed by atoms with van der Waals surface area (Å²) in [4.78, 5) is 18.2. The minimum absolute atomic E-state index is 0.0923. The topological polar surface area (TPSA) is 106 Å². The van der Waals surface area contributed by atoms with Gasteiger partial charge in [0, 0.05) is 40.1 Å². The number of carbonyl (C=O) groups excluding carboxylic acids is 1. The molecule has 43 heavy (non-hydrogen) atoms. The Kier molecular flexibility index (Phi) is 7.94. The number of halogens is 1. The van der Waals surface area contributed by atoms with E-state index >= 15 is 0 Å². The second-order valence-corrected chi connectivity index (χ2v) is 11.4. The van der Waals surface area contributed by atoms with Crippen molar-refractivity contribution in [3.05, 3.63) is 89.4 Å². The molecule has 3 aromatic carbocycles. The third-order valence-electron chi connectivity index (χ3n) is 6.98. The lowest BCUT2D eigenvalue weighted by molar-refractivity contribution is -0.166. The molecule has 2 aromatic heterocycles. The highest BCUT2D eigenvalue weighted by molar-refractivity contribution is 5.83. The molecule has 2 heterocycles. The maximum Gasteiger partial charge on any atom is 0.340 e. The fourth-order valence-electron chi connectivity index (χ4n) is 5.01. The molecule has 9 heteroatoms. The Morgan fingerprint density at radius 1 is 0.953 bits per heavy atom. The molecule has 8 nitrogen and oxygen atoms in total. The summed E-state index contributed by atoms with van der Waals surface area (Å²) in [7, 11) is 0. The van der Waals surface area contributed by atoms with Crippen molar-refractivity contribution in [2.75, 3.05) is 6.61 Å². The molecule has 1 unspecified atom stereocenters. The summed E-state index contributed by atoms with van der Waals surface area (Å²) in [6, 6.07) is 18.4. The molecule has 0 amide bonds. The fourth-order valence-corrected chi connectivity index (χ4v) is 5.01. The van der Waals surface area contributed by atoms with Gasteiger partial charge in [-0.2, -0.15) is 5.10 Å². The van der Waals surface area contributed by atoms with E-state index in [0.717, 1.165) is 11.6 Å². The highest BCUT2D eigenvalue weighted by atomic mass is 19.1. The Morgan fingerprint density at radius 2 is 1.70 bits per heavy atom. The highest BCUT2D eigenvalue weighted by Crippen LogP contribution is 2.39. The van der Waals surface area contributed by atoms with Crippen molar-refractivity contribution < 1.29 is 28.9 Å². The largest absolute Gasteiger partial charge is 0.508 e. The number of ether oxygens (including phenoxy) is 2.